The lowest BCUT2D eigenvalue weighted by Crippen LogP contribution is -2.30. The van der Waals surface area contributed by atoms with Gasteiger partial charge in [-0.05, 0) is 126 Å². The lowest BCUT2D eigenvalue weighted by molar-refractivity contribution is 0.0977. The molecule has 1 unspecified atom stereocenters. The molecule has 1 aromatic carbocycles. The van der Waals surface area contributed by atoms with Crippen molar-refractivity contribution in [3.63, 3.8) is 0 Å². The quantitative estimate of drug-likeness (QED) is 0.342. The van der Waals surface area contributed by atoms with E-state index in [0.717, 1.165) is 66.8 Å². The molecule has 1 atom stereocenters. The number of rotatable bonds is 8. The van der Waals surface area contributed by atoms with E-state index in [4.69, 9.17) is 9.47 Å². The van der Waals surface area contributed by atoms with E-state index >= 15 is 0 Å². The predicted molar refractivity (Wildman–Crippen MR) is 146 cm³/mol. The van der Waals surface area contributed by atoms with Crippen LogP contribution in [-0.4, -0.2) is 12.7 Å². The van der Waals surface area contributed by atoms with Crippen molar-refractivity contribution in [2.45, 2.75) is 129 Å². The third kappa shape index (κ3) is 6.47. The molecule has 0 aromatic heterocycles. The molecule has 2 nitrogen and oxygen atoms in total. The molecule has 5 rings (SSSR count). The summed E-state index contributed by atoms with van der Waals surface area (Å²) < 4.78 is 40.2. The Balaban J connectivity index is 1.02. The van der Waals surface area contributed by atoms with Crippen LogP contribution in [0.25, 0.3) is 0 Å². The van der Waals surface area contributed by atoms with Gasteiger partial charge in [-0.2, -0.15) is 8.78 Å². The number of hydrogen-bond donors (Lipinski definition) is 0. The van der Waals surface area contributed by atoms with Crippen LogP contribution in [0.2, 0.25) is 0 Å². The molecule has 0 spiro atoms. The summed E-state index contributed by atoms with van der Waals surface area (Å²) in [5.74, 6) is 4.09. The van der Waals surface area contributed by atoms with E-state index in [1.54, 1.807) is 13.0 Å². The maximum atomic E-state index is 14.6. The van der Waals surface area contributed by atoms with E-state index in [-0.39, 0.29) is 17.6 Å². The molecule has 3 fully saturated rings. The number of fused-ring (bicyclic) bond motifs is 1. The minimum Gasteiger partial charge on any atom is -0.491 e. The van der Waals surface area contributed by atoms with Gasteiger partial charge in [-0.3, -0.25) is 0 Å². The van der Waals surface area contributed by atoms with Crippen LogP contribution in [0.3, 0.4) is 0 Å². The van der Waals surface area contributed by atoms with Crippen molar-refractivity contribution >= 4 is 0 Å². The first-order chi connectivity index (χ1) is 18.1. The second kappa shape index (κ2) is 12.7. The summed E-state index contributed by atoms with van der Waals surface area (Å²) >= 11 is 0. The molecule has 0 saturated heterocycles. The smallest absolute Gasteiger partial charge is 0.204 e. The fourth-order valence-electron chi connectivity index (χ4n) is 8.48. The van der Waals surface area contributed by atoms with Crippen LogP contribution in [-0.2, 0) is 6.42 Å². The average molecular weight is 517 g/mol. The normalized spacial score (nSPS) is 34.4. The maximum Gasteiger partial charge on any atom is 0.204 e. The Hall–Kier alpha value is -1.32. The van der Waals surface area contributed by atoms with E-state index in [2.05, 4.69) is 6.92 Å². The van der Waals surface area contributed by atoms with Gasteiger partial charge in [0.15, 0.2) is 11.5 Å². The summed E-state index contributed by atoms with van der Waals surface area (Å²) in [4.78, 5) is 0. The molecule has 37 heavy (non-hydrogen) atoms. The fourth-order valence-corrected chi connectivity index (χ4v) is 8.48. The summed E-state index contributed by atoms with van der Waals surface area (Å²) in [6.45, 7) is 4.47. The first kappa shape index (κ1) is 27.3. The van der Waals surface area contributed by atoms with Gasteiger partial charge in [0.25, 0.3) is 0 Å². The summed E-state index contributed by atoms with van der Waals surface area (Å²) in [7, 11) is 0. The number of hydrogen-bond acceptors (Lipinski definition) is 2. The Labute approximate surface area is 224 Å². The Morgan fingerprint density at radius 1 is 0.703 bits per heavy atom. The van der Waals surface area contributed by atoms with Crippen LogP contribution in [0.15, 0.2) is 6.07 Å². The molecule has 4 heteroatoms. The predicted octanol–water partition coefficient (Wildman–Crippen LogP) is 9.67. The van der Waals surface area contributed by atoms with Gasteiger partial charge in [0, 0.05) is 5.56 Å². The van der Waals surface area contributed by atoms with E-state index in [1.165, 1.54) is 83.5 Å². The summed E-state index contributed by atoms with van der Waals surface area (Å²) in [6, 6.07) is 1.62. The Morgan fingerprint density at radius 2 is 1.24 bits per heavy atom. The molecule has 1 aromatic rings. The highest BCUT2D eigenvalue weighted by atomic mass is 19.2. The number of benzene rings is 1. The molecule has 1 aliphatic heterocycles. The lowest BCUT2D eigenvalue weighted by Gasteiger charge is -2.41. The Bertz CT molecular complexity index is 862. The average Bonchev–Trinajstić information content (AvgIpc) is 2.95. The highest BCUT2D eigenvalue weighted by molar-refractivity contribution is 5.44. The molecule has 1 heterocycles. The number of ether oxygens (including phenoxy) is 2. The first-order valence-electron chi connectivity index (χ1n) is 15.9. The molecule has 3 aliphatic carbocycles. The maximum absolute atomic E-state index is 14.6. The van der Waals surface area contributed by atoms with Crippen molar-refractivity contribution in [1.82, 2.24) is 0 Å². The van der Waals surface area contributed by atoms with Gasteiger partial charge in [0.05, 0.1) is 12.7 Å². The van der Waals surface area contributed by atoms with Crippen molar-refractivity contribution in [1.29, 1.82) is 0 Å². The van der Waals surface area contributed by atoms with Crippen molar-refractivity contribution in [3.05, 3.63) is 23.3 Å². The zero-order valence-corrected chi connectivity index (χ0v) is 23.4. The first-order valence-corrected chi connectivity index (χ1v) is 15.9. The molecule has 4 aliphatic rings. The topological polar surface area (TPSA) is 18.5 Å². The van der Waals surface area contributed by atoms with Gasteiger partial charge in [-0.1, -0.05) is 39.0 Å². The standard InChI is InChI=1S/C33H50F2O2/c1-3-22-5-10-24(11-6-22)26-14-16-27(17-15-26)25-12-7-23(8-13-25)9-19-29-20-18-28-21-30(36-4-2)31(34)32(35)33(28)37-29/h21-27,29H,3-20H2,1-2H3. The monoisotopic (exact) mass is 516 g/mol. The molecular formula is C33H50F2O2. The summed E-state index contributed by atoms with van der Waals surface area (Å²) in [5.41, 5.74) is 0.738. The summed E-state index contributed by atoms with van der Waals surface area (Å²) in [6.07, 6.45) is 22.5. The molecular weight excluding hydrogens is 466 g/mol. The Kier molecular flexibility index (Phi) is 9.35. The van der Waals surface area contributed by atoms with Crippen LogP contribution in [0.4, 0.5) is 8.78 Å². The van der Waals surface area contributed by atoms with Gasteiger partial charge in [-0.15, -0.1) is 0 Å². The van der Waals surface area contributed by atoms with Crippen molar-refractivity contribution in [2.75, 3.05) is 6.61 Å². The zero-order chi connectivity index (χ0) is 25.8. The minimum atomic E-state index is -0.919. The van der Waals surface area contributed by atoms with Crippen LogP contribution >= 0.6 is 0 Å². The van der Waals surface area contributed by atoms with Crippen LogP contribution in [0.1, 0.15) is 122 Å². The highest BCUT2D eigenvalue weighted by Crippen LogP contribution is 2.47. The number of halogens is 2. The van der Waals surface area contributed by atoms with Crippen molar-refractivity contribution < 1.29 is 18.3 Å². The highest BCUT2D eigenvalue weighted by Gasteiger charge is 2.35. The zero-order valence-electron chi connectivity index (χ0n) is 23.4. The number of aryl methyl sites for hydroxylation is 1. The van der Waals surface area contributed by atoms with Crippen LogP contribution in [0.5, 0.6) is 11.5 Å². The van der Waals surface area contributed by atoms with Gasteiger partial charge in [0.2, 0.25) is 11.6 Å². The van der Waals surface area contributed by atoms with Crippen LogP contribution < -0.4 is 9.47 Å². The van der Waals surface area contributed by atoms with E-state index in [0.29, 0.717) is 6.61 Å². The second-order valence-corrected chi connectivity index (χ2v) is 12.9. The van der Waals surface area contributed by atoms with Gasteiger partial charge in [0.1, 0.15) is 0 Å². The van der Waals surface area contributed by atoms with E-state index in [1.807, 2.05) is 0 Å². The van der Waals surface area contributed by atoms with Crippen molar-refractivity contribution in [3.8, 4) is 11.5 Å². The third-order valence-electron chi connectivity index (χ3n) is 10.9. The third-order valence-corrected chi connectivity index (χ3v) is 10.9. The molecule has 0 N–H and O–H groups in total. The molecule has 3 saturated carbocycles. The van der Waals surface area contributed by atoms with Crippen molar-refractivity contribution in [2.24, 2.45) is 35.5 Å². The fraction of sp³-hybridized carbons (Fsp3) is 0.818. The van der Waals surface area contributed by atoms with E-state index in [9.17, 15) is 8.78 Å². The van der Waals surface area contributed by atoms with Gasteiger partial charge < -0.3 is 9.47 Å². The van der Waals surface area contributed by atoms with Gasteiger partial charge >= 0.3 is 0 Å². The molecule has 0 amide bonds. The second-order valence-electron chi connectivity index (χ2n) is 12.9. The van der Waals surface area contributed by atoms with E-state index < -0.39 is 11.6 Å². The summed E-state index contributed by atoms with van der Waals surface area (Å²) in [5, 5.41) is 0. The molecule has 0 bridgehead atoms. The Morgan fingerprint density at radius 3 is 1.78 bits per heavy atom. The van der Waals surface area contributed by atoms with Gasteiger partial charge in [-0.25, -0.2) is 0 Å². The largest absolute Gasteiger partial charge is 0.491 e. The SMILES string of the molecule is CCOc1cc2c(c(F)c1F)OC(CCC1CCC(C3CCC(C4CCC(CC)CC4)CC3)CC1)CC2. The minimum absolute atomic E-state index is 0.000243. The lowest BCUT2D eigenvalue weighted by atomic mass is 9.64. The van der Waals surface area contributed by atoms with Crippen LogP contribution in [0, 0.1) is 47.1 Å². The molecule has 208 valence electrons. The molecule has 0 radical (unpaired) electrons.